The molecule has 0 atom stereocenters. The van der Waals surface area contributed by atoms with Crippen LogP contribution in [0.1, 0.15) is 16.1 Å². The minimum Gasteiger partial charge on any atom is -0.493 e. The van der Waals surface area contributed by atoms with E-state index in [1.807, 2.05) is 55.5 Å². The fourth-order valence-corrected chi connectivity index (χ4v) is 3.30. The quantitative estimate of drug-likeness (QED) is 0.321. The van der Waals surface area contributed by atoms with Crippen molar-refractivity contribution in [2.24, 2.45) is 0 Å². The minimum atomic E-state index is -0.250. The van der Waals surface area contributed by atoms with Gasteiger partial charge in [0.25, 0.3) is 5.91 Å². The van der Waals surface area contributed by atoms with E-state index in [9.17, 15) is 4.79 Å². The van der Waals surface area contributed by atoms with Gasteiger partial charge in [-0.3, -0.25) is 4.79 Å². The molecule has 0 saturated heterocycles. The van der Waals surface area contributed by atoms with Gasteiger partial charge in [-0.1, -0.05) is 18.2 Å². The summed E-state index contributed by atoms with van der Waals surface area (Å²) in [7, 11) is 3.08. The van der Waals surface area contributed by atoms with Crippen molar-refractivity contribution in [1.29, 1.82) is 0 Å². The van der Waals surface area contributed by atoms with Gasteiger partial charge in [0.2, 0.25) is 5.95 Å². The molecular formula is C26H25N5O3. The van der Waals surface area contributed by atoms with Crippen LogP contribution in [0.2, 0.25) is 0 Å². The van der Waals surface area contributed by atoms with Crippen molar-refractivity contribution < 1.29 is 14.3 Å². The molecule has 8 nitrogen and oxygen atoms in total. The average molecular weight is 456 g/mol. The molecule has 4 aromatic rings. The lowest BCUT2D eigenvalue weighted by molar-refractivity contribution is 0.102. The van der Waals surface area contributed by atoms with Crippen LogP contribution in [-0.4, -0.2) is 30.1 Å². The van der Waals surface area contributed by atoms with Crippen molar-refractivity contribution >= 4 is 34.7 Å². The summed E-state index contributed by atoms with van der Waals surface area (Å²) in [6.07, 6.45) is 0. The summed E-state index contributed by atoms with van der Waals surface area (Å²) in [5.41, 5.74) is 3.68. The highest BCUT2D eigenvalue weighted by Gasteiger charge is 2.11. The van der Waals surface area contributed by atoms with Crippen LogP contribution >= 0.6 is 0 Å². The highest BCUT2D eigenvalue weighted by Crippen LogP contribution is 2.28. The highest BCUT2D eigenvalue weighted by molar-refractivity contribution is 6.04. The van der Waals surface area contributed by atoms with Crippen LogP contribution in [0.25, 0.3) is 0 Å². The molecule has 0 aliphatic rings. The largest absolute Gasteiger partial charge is 0.493 e. The average Bonchev–Trinajstić information content (AvgIpc) is 2.85. The van der Waals surface area contributed by atoms with E-state index < -0.39 is 0 Å². The Morgan fingerprint density at radius 1 is 0.735 bits per heavy atom. The number of benzene rings is 3. The SMILES string of the molecule is COc1ccc(C(=O)Nc2ccc(Nc3nc(C)cc(Nc4ccccc4)n3)cc2)cc1OC. The molecule has 0 bridgehead atoms. The lowest BCUT2D eigenvalue weighted by atomic mass is 10.1. The van der Waals surface area contributed by atoms with Crippen LogP contribution in [0.4, 0.5) is 28.8 Å². The second kappa shape index (κ2) is 10.4. The second-order valence-corrected chi connectivity index (χ2v) is 7.44. The number of aryl methyl sites for hydroxylation is 1. The zero-order valence-corrected chi connectivity index (χ0v) is 19.1. The molecule has 1 heterocycles. The van der Waals surface area contributed by atoms with E-state index in [1.54, 1.807) is 37.4 Å². The van der Waals surface area contributed by atoms with E-state index in [1.165, 1.54) is 7.11 Å². The van der Waals surface area contributed by atoms with Gasteiger partial charge in [0.05, 0.1) is 14.2 Å². The van der Waals surface area contributed by atoms with Crippen LogP contribution in [0, 0.1) is 6.92 Å². The minimum absolute atomic E-state index is 0.250. The van der Waals surface area contributed by atoms with Gasteiger partial charge in [0, 0.05) is 34.4 Å². The summed E-state index contributed by atoms with van der Waals surface area (Å²) in [5, 5.41) is 9.36. The summed E-state index contributed by atoms with van der Waals surface area (Å²) >= 11 is 0. The molecule has 1 amide bonds. The Kier molecular flexibility index (Phi) is 6.88. The Morgan fingerprint density at radius 3 is 2.12 bits per heavy atom. The van der Waals surface area contributed by atoms with Crippen molar-refractivity contribution in [3.8, 4) is 11.5 Å². The van der Waals surface area contributed by atoms with E-state index in [-0.39, 0.29) is 5.91 Å². The number of anilines is 5. The van der Waals surface area contributed by atoms with Crippen LogP contribution in [0.15, 0.2) is 78.9 Å². The number of ether oxygens (including phenoxy) is 2. The van der Waals surface area contributed by atoms with Gasteiger partial charge in [-0.2, -0.15) is 4.98 Å². The number of rotatable bonds is 8. The molecule has 0 fully saturated rings. The van der Waals surface area contributed by atoms with Gasteiger partial charge in [0.15, 0.2) is 11.5 Å². The summed E-state index contributed by atoms with van der Waals surface area (Å²) in [6.45, 7) is 1.91. The third kappa shape index (κ3) is 5.60. The zero-order valence-electron chi connectivity index (χ0n) is 19.1. The zero-order chi connectivity index (χ0) is 23.9. The van der Waals surface area contributed by atoms with Crippen molar-refractivity contribution in [3.63, 3.8) is 0 Å². The first kappa shape index (κ1) is 22.6. The molecule has 0 aliphatic heterocycles. The first-order valence-corrected chi connectivity index (χ1v) is 10.6. The van der Waals surface area contributed by atoms with Gasteiger partial charge >= 0.3 is 0 Å². The Hall–Kier alpha value is -4.59. The molecule has 0 aliphatic carbocycles. The summed E-state index contributed by atoms with van der Waals surface area (Å²) < 4.78 is 10.5. The fourth-order valence-electron chi connectivity index (χ4n) is 3.30. The van der Waals surface area contributed by atoms with E-state index in [0.717, 1.165) is 17.1 Å². The third-order valence-electron chi connectivity index (χ3n) is 4.95. The first-order valence-electron chi connectivity index (χ1n) is 10.6. The molecule has 0 unspecified atom stereocenters. The van der Waals surface area contributed by atoms with Crippen LogP contribution in [-0.2, 0) is 0 Å². The molecule has 0 spiro atoms. The monoisotopic (exact) mass is 455 g/mol. The number of nitrogens with one attached hydrogen (secondary N) is 3. The molecule has 0 saturated carbocycles. The second-order valence-electron chi connectivity index (χ2n) is 7.44. The Balaban J connectivity index is 1.42. The predicted octanol–water partition coefficient (Wildman–Crippen LogP) is 5.54. The Labute approximate surface area is 198 Å². The smallest absolute Gasteiger partial charge is 0.255 e. The highest BCUT2D eigenvalue weighted by atomic mass is 16.5. The van der Waals surface area contributed by atoms with Crippen molar-refractivity contribution in [3.05, 3.63) is 90.1 Å². The maximum absolute atomic E-state index is 12.6. The number of hydrogen-bond acceptors (Lipinski definition) is 7. The number of carbonyl (C=O) groups is 1. The third-order valence-corrected chi connectivity index (χ3v) is 4.95. The summed E-state index contributed by atoms with van der Waals surface area (Å²) in [4.78, 5) is 21.6. The summed E-state index contributed by atoms with van der Waals surface area (Å²) in [5.74, 6) is 1.98. The standard InChI is InChI=1S/C26H25N5O3/c1-17-15-24(28-19-7-5-4-6-8-19)31-26(27-17)30-21-12-10-20(11-13-21)29-25(32)18-9-14-22(33-2)23(16-18)34-3/h4-16H,1-3H3,(H,29,32)(H2,27,28,30,31). The van der Waals surface area contributed by atoms with Crippen LogP contribution < -0.4 is 25.4 Å². The van der Waals surface area contributed by atoms with Crippen molar-refractivity contribution in [1.82, 2.24) is 9.97 Å². The van der Waals surface area contributed by atoms with Gasteiger partial charge in [-0.15, -0.1) is 0 Å². The van der Waals surface area contributed by atoms with E-state index in [4.69, 9.17) is 9.47 Å². The Bertz CT molecular complexity index is 1280. The van der Waals surface area contributed by atoms with Crippen LogP contribution in [0.3, 0.4) is 0 Å². The molecule has 34 heavy (non-hydrogen) atoms. The maximum atomic E-state index is 12.6. The number of nitrogens with zero attached hydrogens (tertiary/aromatic N) is 2. The number of hydrogen-bond donors (Lipinski definition) is 3. The van der Waals surface area contributed by atoms with Gasteiger partial charge in [-0.25, -0.2) is 4.98 Å². The molecule has 1 aromatic heterocycles. The molecular weight excluding hydrogens is 430 g/mol. The molecule has 0 radical (unpaired) electrons. The van der Waals surface area contributed by atoms with Gasteiger partial charge in [-0.05, 0) is 61.5 Å². The molecule has 3 N–H and O–H groups in total. The molecule has 8 heteroatoms. The summed E-state index contributed by atoms with van der Waals surface area (Å²) in [6, 6.07) is 24.0. The van der Waals surface area contributed by atoms with Gasteiger partial charge < -0.3 is 25.4 Å². The Morgan fingerprint density at radius 2 is 1.41 bits per heavy atom. The van der Waals surface area contributed by atoms with E-state index >= 15 is 0 Å². The van der Waals surface area contributed by atoms with Gasteiger partial charge in [0.1, 0.15) is 5.82 Å². The topological polar surface area (TPSA) is 97.4 Å². The van der Waals surface area contributed by atoms with E-state index in [0.29, 0.717) is 34.5 Å². The predicted molar refractivity (Wildman–Crippen MR) is 134 cm³/mol. The van der Waals surface area contributed by atoms with E-state index in [2.05, 4.69) is 25.9 Å². The normalized spacial score (nSPS) is 10.3. The number of aromatic nitrogens is 2. The van der Waals surface area contributed by atoms with Crippen LogP contribution in [0.5, 0.6) is 11.5 Å². The first-order chi connectivity index (χ1) is 16.5. The van der Waals surface area contributed by atoms with Crippen molar-refractivity contribution in [2.45, 2.75) is 6.92 Å². The van der Waals surface area contributed by atoms with Crippen molar-refractivity contribution in [2.75, 3.05) is 30.2 Å². The number of methoxy groups -OCH3 is 2. The number of para-hydroxylation sites is 1. The fraction of sp³-hybridized carbons (Fsp3) is 0.115. The number of amides is 1. The molecule has 4 rings (SSSR count). The molecule has 3 aromatic carbocycles. The lowest BCUT2D eigenvalue weighted by Crippen LogP contribution is -2.12. The maximum Gasteiger partial charge on any atom is 0.255 e. The number of carbonyl (C=O) groups excluding carboxylic acids is 1. The molecule has 172 valence electrons. The lowest BCUT2D eigenvalue weighted by Gasteiger charge is -2.11.